The lowest BCUT2D eigenvalue weighted by Crippen LogP contribution is -2.26. The minimum absolute atomic E-state index is 0.00186. The molecule has 0 saturated carbocycles. The first-order chi connectivity index (χ1) is 9.79. The SMILES string of the molecule is CC(NC(=O)c1ccoc1Cl)c1cccc(S(N)(=O)=O)c1. The molecule has 1 amide bonds. The predicted molar refractivity (Wildman–Crippen MR) is 77.4 cm³/mol. The van der Waals surface area contributed by atoms with Crippen molar-refractivity contribution in [2.24, 2.45) is 5.14 Å². The molecule has 2 rings (SSSR count). The van der Waals surface area contributed by atoms with E-state index in [1.807, 2.05) is 0 Å². The summed E-state index contributed by atoms with van der Waals surface area (Å²) >= 11 is 5.73. The molecule has 0 saturated heterocycles. The van der Waals surface area contributed by atoms with E-state index in [2.05, 4.69) is 5.32 Å². The number of halogens is 1. The lowest BCUT2D eigenvalue weighted by Gasteiger charge is -2.14. The summed E-state index contributed by atoms with van der Waals surface area (Å²) < 4.78 is 27.5. The minimum Gasteiger partial charge on any atom is -0.452 e. The van der Waals surface area contributed by atoms with E-state index in [1.165, 1.54) is 24.5 Å². The quantitative estimate of drug-likeness (QED) is 0.896. The molecule has 0 spiro atoms. The van der Waals surface area contributed by atoms with Crippen molar-refractivity contribution in [1.29, 1.82) is 0 Å². The molecule has 21 heavy (non-hydrogen) atoms. The van der Waals surface area contributed by atoms with E-state index < -0.39 is 22.0 Å². The Hall–Kier alpha value is -1.83. The molecule has 1 aromatic carbocycles. The van der Waals surface area contributed by atoms with Crippen molar-refractivity contribution in [3.8, 4) is 0 Å². The van der Waals surface area contributed by atoms with Crippen LogP contribution in [0.15, 0.2) is 45.9 Å². The van der Waals surface area contributed by atoms with Crippen molar-refractivity contribution in [2.75, 3.05) is 0 Å². The minimum atomic E-state index is -3.79. The summed E-state index contributed by atoms with van der Waals surface area (Å²) in [7, 11) is -3.79. The molecule has 0 bridgehead atoms. The molecular weight excluding hydrogens is 316 g/mol. The molecule has 2 aromatic rings. The van der Waals surface area contributed by atoms with Gasteiger partial charge in [0.1, 0.15) is 0 Å². The van der Waals surface area contributed by atoms with Crippen LogP contribution >= 0.6 is 11.6 Å². The van der Waals surface area contributed by atoms with Gasteiger partial charge in [0, 0.05) is 0 Å². The van der Waals surface area contributed by atoms with Crippen LogP contribution in [0.2, 0.25) is 5.22 Å². The van der Waals surface area contributed by atoms with Crippen molar-refractivity contribution >= 4 is 27.5 Å². The number of hydrogen-bond donors (Lipinski definition) is 2. The van der Waals surface area contributed by atoms with Crippen molar-refractivity contribution in [3.63, 3.8) is 0 Å². The number of carbonyl (C=O) groups is 1. The number of amides is 1. The molecule has 1 unspecified atom stereocenters. The van der Waals surface area contributed by atoms with Gasteiger partial charge in [0.2, 0.25) is 15.2 Å². The van der Waals surface area contributed by atoms with E-state index in [-0.39, 0.29) is 15.7 Å². The Bertz CT molecular complexity index is 770. The molecule has 0 aliphatic carbocycles. The second kappa shape index (κ2) is 5.88. The third-order valence-corrected chi connectivity index (χ3v) is 4.10. The molecule has 0 aliphatic rings. The summed E-state index contributed by atoms with van der Waals surface area (Å²) in [5.41, 5.74) is 0.820. The van der Waals surface area contributed by atoms with Gasteiger partial charge in [0.15, 0.2) is 0 Å². The van der Waals surface area contributed by atoms with Crippen LogP contribution in [0.25, 0.3) is 0 Å². The zero-order valence-corrected chi connectivity index (χ0v) is 12.6. The summed E-state index contributed by atoms with van der Waals surface area (Å²) in [4.78, 5) is 12.0. The topological polar surface area (TPSA) is 102 Å². The summed E-state index contributed by atoms with van der Waals surface area (Å²) in [5.74, 6) is -0.415. The number of primary sulfonamides is 1. The molecule has 3 N–H and O–H groups in total. The maximum Gasteiger partial charge on any atom is 0.256 e. The van der Waals surface area contributed by atoms with Crippen LogP contribution in [-0.2, 0) is 10.0 Å². The zero-order chi connectivity index (χ0) is 15.6. The number of nitrogens with two attached hydrogens (primary N) is 1. The van der Waals surface area contributed by atoms with Crippen LogP contribution in [0.1, 0.15) is 28.9 Å². The Balaban J connectivity index is 2.19. The van der Waals surface area contributed by atoms with Crippen LogP contribution in [0, 0.1) is 0 Å². The molecule has 112 valence electrons. The second-order valence-electron chi connectivity index (χ2n) is 4.42. The van der Waals surface area contributed by atoms with Gasteiger partial charge in [-0.2, -0.15) is 0 Å². The van der Waals surface area contributed by atoms with Gasteiger partial charge >= 0.3 is 0 Å². The van der Waals surface area contributed by atoms with Gasteiger partial charge in [0.25, 0.3) is 5.91 Å². The highest BCUT2D eigenvalue weighted by Gasteiger charge is 2.17. The predicted octanol–water partition coefficient (Wildman–Crippen LogP) is 2.07. The summed E-state index contributed by atoms with van der Waals surface area (Å²) in [6.07, 6.45) is 1.31. The Morgan fingerprint density at radius 2 is 2.10 bits per heavy atom. The first-order valence-electron chi connectivity index (χ1n) is 5.95. The molecular formula is C13H13ClN2O4S. The van der Waals surface area contributed by atoms with Crippen molar-refractivity contribution in [3.05, 3.63) is 52.9 Å². The van der Waals surface area contributed by atoms with E-state index >= 15 is 0 Å². The van der Waals surface area contributed by atoms with Gasteiger partial charge in [-0.05, 0) is 42.3 Å². The molecule has 0 aliphatic heterocycles. The van der Waals surface area contributed by atoms with Crippen molar-refractivity contribution in [2.45, 2.75) is 17.9 Å². The number of sulfonamides is 1. The van der Waals surface area contributed by atoms with Crippen LogP contribution in [0.4, 0.5) is 0 Å². The second-order valence-corrected chi connectivity index (χ2v) is 6.33. The highest BCUT2D eigenvalue weighted by Crippen LogP contribution is 2.20. The Morgan fingerprint density at radius 1 is 1.38 bits per heavy atom. The highest BCUT2D eigenvalue weighted by atomic mass is 35.5. The average Bonchev–Trinajstić information content (AvgIpc) is 2.84. The smallest absolute Gasteiger partial charge is 0.256 e. The molecule has 1 aromatic heterocycles. The lowest BCUT2D eigenvalue weighted by atomic mass is 10.1. The van der Waals surface area contributed by atoms with Gasteiger partial charge in [0.05, 0.1) is 22.8 Å². The molecule has 1 heterocycles. The summed E-state index contributed by atoms with van der Waals surface area (Å²) in [6, 6.07) is 7.08. The van der Waals surface area contributed by atoms with E-state index in [0.717, 1.165) is 0 Å². The average molecular weight is 329 g/mol. The fraction of sp³-hybridized carbons (Fsp3) is 0.154. The zero-order valence-electron chi connectivity index (χ0n) is 11.0. The van der Waals surface area contributed by atoms with Gasteiger partial charge in [-0.15, -0.1) is 0 Å². The maximum absolute atomic E-state index is 12.0. The molecule has 8 heteroatoms. The molecule has 6 nitrogen and oxygen atoms in total. The van der Waals surface area contributed by atoms with E-state index in [4.69, 9.17) is 21.2 Å². The van der Waals surface area contributed by atoms with Crippen LogP contribution in [0.3, 0.4) is 0 Å². The van der Waals surface area contributed by atoms with Crippen LogP contribution < -0.4 is 10.5 Å². The summed E-state index contributed by atoms with van der Waals surface area (Å²) in [5, 5.41) is 7.78. The van der Waals surface area contributed by atoms with Crippen LogP contribution in [0.5, 0.6) is 0 Å². The Kier molecular flexibility index (Phi) is 4.36. The maximum atomic E-state index is 12.0. The number of benzene rings is 1. The lowest BCUT2D eigenvalue weighted by molar-refractivity contribution is 0.0939. The fourth-order valence-electron chi connectivity index (χ4n) is 1.77. The summed E-state index contributed by atoms with van der Waals surface area (Å²) in [6.45, 7) is 1.72. The largest absolute Gasteiger partial charge is 0.452 e. The van der Waals surface area contributed by atoms with Gasteiger partial charge in [-0.3, -0.25) is 4.79 Å². The standard InChI is InChI=1S/C13H13ClN2O4S/c1-8(16-13(17)11-5-6-20-12(11)14)9-3-2-4-10(7-9)21(15,18)19/h2-8H,1H3,(H,16,17)(H2,15,18,19). The first kappa shape index (κ1) is 15.6. The van der Waals surface area contributed by atoms with E-state index in [9.17, 15) is 13.2 Å². The normalized spacial score (nSPS) is 12.9. The van der Waals surface area contributed by atoms with Crippen molar-refractivity contribution < 1.29 is 17.6 Å². The highest BCUT2D eigenvalue weighted by molar-refractivity contribution is 7.89. The van der Waals surface area contributed by atoms with Crippen molar-refractivity contribution in [1.82, 2.24) is 5.32 Å². The number of hydrogen-bond acceptors (Lipinski definition) is 4. The van der Waals surface area contributed by atoms with E-state index in [0.29, 0.717) is 5.56 Å². The van der Waals surface area contributed by atoms with Gasteiger partial charge in [-0.1, -0.05) is 12.1 Å². The third-order valence-electron chi connectivity index (χ3n) is 2.90. The number of nitrogens with one attached hydrogen (secondary N) is 1. The third kappa shape index (κ3) is 3.63. The molecule has 0 radical (unpaired) electrons. The fourth-order valence-corrected chi connectivity index (χ4v) is 2.54. The Morgan fingerprint density at radius 3 is 2.67 bits per heavy atom. The monoisotopic (exact) mass is 328 g/mol. The number of carbonyl (C=O) groups excluding carboxylic acids is 1. The molecule has 0 fully saturated rings. The molecule has 1 atom stereocenters. The van der Waals surface area contributed by atoms with E-state index in [1.54, 1.807) is 19.1 Å². The van der Waals surface area contributed by atoms with Gasteiger partial charge in [-0.25, -0.2) is 13.6 Å². The number of furan rings is 1. The van der Waals surface area contributed by atoms with Crippen LogP contribution in [-0.4, -0.2) is 14.3 Å². The Labute approximate surface area is 126 Å². The van der Waals surface area contributed by atoms with Gasteiger partial charge < -0.3 is 9.73 Å². The first-order valence-corrected chi connectivity index (χ1v) is 7.88. The number of rotatable bonds is 4.